The molecule has 2 atom stereocenters. The van der Waals surface area contributed by atoms with Crippen molar-refractivity contribution >= 4 is 5.91 Å². The lowest BCUT2D eigenvalue weighted by molar-refractivity contribution is -0.131. The molecule has 1 amide bonds. The minimum absolute atomic E-state index is 0.206. The summed E-state index contributed by atoms with van der Waals surface area (Å²) < 4.78 is 0. The summed E-state index contributed by atoms with van der Waals surface area (Å²) in [5.41, 5.74) is 0. The van der Waals surface area contributed by atoms with E-state index >= 15 is 0 Å². The third-order valence-electron chi connectivity index (χ3n) is 3.91. The number of piperidine rings is 1. The average molecular weight is 234 g/mol. The average Bonchev–Trinajstić information content (AvgIpc) is 2.90. The highest BCUT2D eigenvalue weighted by Gasteiger charge is 2.38. The van der Waals surface area contributed by atoms with Crippen LogP contribution in [-0.4, -0.2) is 47.9 Å². The molecule has 1 aliphatic carbocycles. The number of nitrogens with zero attached hydrogens (tertiary/aromatic N) is 2. The van der Waals surface area contributed by atoms with Crippen LogP contribution in [0.15, 0.2) is 25.3 Å². The monoisotopic (exact) mass is 234 g/mol. The maximum atomic E-state index is 12.1. The summed E-state index contributed by atoms with van der Waals surface area (Å²) in [6.45, 7) is 10.3. The molecule has 0 N–H and O–H groups in total. The van der Waals surface area contributed by atoms with Gasteiger partial charge in [0, 0.05) is 25.7 Å². The predicted octanol–water partition coefficient (Wildman–Crippen LogP) is 1.67. The van der Waals surface area contributed by atoms with Crippen LogP contribution < -0.4 is 0 Å². The van der Waals surface area contributed by atoms with E-state index in [1.165, 1.54) is 19.3 Å². The van der Waals surface area contributed by atoms with Gasteiger partial charge in [-0.05, 0) is 25.2 Å². The standard InChI is InChI=1S/C14H22N2O/c1-3-7-15(8-4-2)14(17)11-16-10-12-5-6-13(16)9-12/h3-4,12-13H,1-2,5-11H2/t12-,13-/m0/s1. The van der Waals surface area contributed by atoms with Gasteiger partial charge in [0.1, 0.15) is 0 Å². The highest BCUT2D eigenvalue weighted by Crippen LogP contribution is 2.36. The molecule has 2 bridgehead atoms. The molecule has 2 aliphatic rings. The van der Waals surface area contributed by atoms with Gasteiger partial charge in [-0.1, -0.05) is 12.2 Å². The fourth-order valence-electron chi connectivity index (χ4n) is 3.08. The first-order valence-electron chi connectivity index (χ1n) is 6.48. The summed E-state index contributed by atoms with van der Waals surface area (Å²) in [6, 6.07) is 0.665. The first kappa shape index (κ1) is 12.4. The smallest absolute Gasteiger partial charge is 0.237 e. The van der Waals surface area contributed by atoms with Crippen LogP contribution in [0.25, 0.3) is 0 Å². The zero-order valence-electron chi connectivity index (χ0n) is 10.5. The van der Waals surface area contributed by atoms with Crippen molar-refractivity contribution in [3.63, 3.8) is 0 Å². The lowest BCUT2D eigenvalue weighted by atomic mass is 10.1. The predicted molar refractivity (Wildman–Crippen MR) is 69.7 cm³/mol. The van der Waals surface area contributed by atoms with Crippen LogP contribution in [0.4, 0.5) is 0 Å². The fourth-order valence-corrected chi connectivity index (χ4v) is 3.08. The molecule has 94 valence electrons. The molecule has 1 saturated carbocycles. The Kier molecular flexibility index (Phi) is 4.00. The van der Waals surface area contributed by atoms with E-state index in [2.05, 4.69) is 18.1 Å². The summed E-state index contributed by atoms with van der Waals surface area (Å²) in [5, 5.41) is 0. The van der Waals surface area contributed by atoms with Crippen molar-refractivity contribution in [1.29, 1.82) is 0 Å². The Morgan fingerprint density at radius 1 is 1.29 bits per heavy atom. The summed E-state index contributed by atoms with van der Waals surface area (Å²) in [5.74, 6) is 1.05. The number of carbonyl (C=O) groups excluding carboxylic acids is 1. The number of hydrogen-bond donors (Lipinski definition) is 0. The van der Waals surface area contributed by atoms with Crippen LogP contribution in [-0.2, 0) is 4.79 Å². The number of carbonyl (C=O) groups is 1. The first-order chi connectivity index (χ1) is 8.24. The van der Waals surface area contributed by atoms with E-state index in [1.54, 1.807) is 12.2 Å². The molecule has 0 spiro atoms. The fraction of sp³-hybridized carbons (Fsp3) is 0.643. The second-order valence-corrected chi connectivity index (χ2v) is 5.14. The highest BCUT2D eigenvalue weighted by atomic mass is 16.2. The normalized spacial score (nSPS) is 27.1. The molecule has 0 aromatic rings. The molecule has 2 fully saturated rings. The van der Waals surface area contributed by atoms with Crippen LogP contribution in [0, 0.1) is 5.92 Å². The summed E-state index contributed by atoms with van der Waals surface area (Å²) >= 11 is 0. The Balaban J connectivity index is 1.86. The molecular weight excluding hydrogens is 212 g/mol. The SMILES string of the molecule is C=CCN(CC=C)C(=O)CN1C[C@H]2CC[C@H]1C2. The van der Waals surface area contributed by atoms with E-state index in [9.17, 15) is 4.79 Å². The molecule has 1 saturated heterocycles. The first-order valence-corrected chi connectivity index (χ1v) is 6.48. The van der Waals surface area contributed by atoms with Crippen molar-refractivity contribution < 1.29 is 4.79 Å². The van der Waals surface area contributed by atoms with Crippen molar-refractivity contribution in [2.75, 3.05) is 26.2 Å². The maximum Gasteiger partial charge on any atom is 0.237 e. The second kappa shape index (κ2) is 5.50. The highest BCUT2D eigenvalue weighted by molar-refractivity contribution is 5.78. The number of rotatable bonds is 6. The quantitative estimate of drug-likeness (QED) is 0.653. The Bertz CT molecular complexity index is 303. The van der Waals surface area contributed by atoms with E-state index in [4.69, 9.17) is 0 Å². The lowest BCUT2D eigenvalue weighted by Crippen LogP contribution is -2.43. The minimum atomic E-state index is 0.206. The van der Waals surface area contributed by atoms with Crippen LogP contribution in [0.3, 0.4) is 0 Å². The van der Waals surface area contributed by atoms with Gasteiger partial charge in [0.05, 0.1) is 6.54 Å². The van der Waals surface area contributed by atoms with Gasteiger partial charge >= 0.3 is 0 Å². The zero-order chi connectivity index (χ0) is 12.3. The molecule has 0 aromatic carbocycles. The molecule has 0 aromatic heterocycles. The molecule has 1 heterocycles. The van der Waals surface area contributed by atoms with E-state index in [1.807, 2.05) is 4.90 Å². The number of amides is 1. The zero-order valence-corrected chi connectivity index (χ0v) is 10.5. The van der Waals surface area contributed by atoms with Crippen molar-refractivity contribution in [3.8, 4) is 0 Å². The van der Waals surface area contributed by atoms with Crippen LogP contribution in [0.1, 0.15) is 19.3 Å². The van der Waals surface area contributed by atoms with Crippen LogP contribution in [0.2, 0.25) is 0 Å². The largest absolute Gasteiger partial charge is 0.334 e. The Hall–Kier alpha value is -1.09. The Labute approximate surface area is 104 Å². The molecule has 0 unspecified atom stereocenters. The molecule has 3 heteroatoms. The second-order valence-electron chi connectivity index (χ2n) is 5.14. The van der Waals surface area contributed by atoms with E-state index in [0.717, 1.165) is 12.5 Å². The van der Waals surface area contributed by atoms with Gasteiger partial charge in [-0.3, -0.25) is 9.69 Å². The molecule has 17 heavy (non-hydrogen) atoms. The Morgan fingerprint density at radius 3 is 2.47 bits per heavy atom. The number of fused-ring (bicyclic) bond motifs is 2. The molecule has 1 aliphatic heterocycles. The number of likely N-dealkylation sites (tertiary alicyclic amines) is 1. The molecule has 0 radical (unpaired) electrons. The summed E-state index contributed by atoms with van der Waals surface area (Å²) in [6.07, 6.45) is 7.49. The lowest BCUT2D eigenvalue weighted by Gasteiger charge is -2.29. The van der Waals surface area contributed by atoms with Gasteiger partial charge in [-0.25, -0.2) is 0 Å². The van der Waals surface area contributed by atoms with E-state index < -0.39 is 0 Å². The third kappa shape index (κ3) is 2.78. The van der Waals surface area contributed by atoms with Gasteiger partial charge in [0.2, 0.25) is 5.91 Å². The molecule has 3 nitrogen and oxygen atoms in total. The topological polar surface area (TPSA) is 23.6 Å². The molecular formula is C14H22N2O. The van der Waals surface area contributed by atoms with Gasteiger partial charge < -0.3 is 4.90 Å². The van der Waals surface area contributed by atoms with Gasteiger partial charge in [-0.2, -0.15) is 0 Å². The van der Waals surface area contributed by atoms with Gasteiger partial charge in [0.25, 0.3) is 0 Å². The third-order valence-corrected chi connectivity index (χ3v) is 3.91. The van der Waals surface area contributed by atoms with Crippen molar-refractivity contribution in [2.24, 2.45) is 5.92 Å². The Morgan fingerprint density at radius 2 is 2.00 bits per heavy atom. The van der Waals surface area contributed by atoms with E-state index in [-0.39, 0.29) is 5.91 Å². The van der Waals surface area contributed by atoms with Crippen LogP contribution >= 0.6 is 0 Å². The molecule has 2 rings (SSSR count). The number of hydrogen-bond acceptors (Lipinski definition) is 2. The van der Waals surface area contributed by atoms with E-state index in [0.29, 0.717) is 25.7 Å². The van der Waals surface area contributed by atoms with Crippen molar-refractivity contribution in [1.82, 2.24) is 9.80 Å². The minimum Gasteiger partial charge on any atom is -0.334 e. The van der Waals surface area contributed by atoms with Gasteiger partial charge in [0.15, 0.2) is 0 Å². The maximum absolute atomic E-state index is 12.1. The van der Waals surface area contributed by atoms with Gasteiger partial charge in [-0.15, -0.1) is 13.2 Å². The van der Waals surface area contributed by atoms with Crippen LogP contribution in [0.5, 0.6) is 0 Å². The summed E-state index contributed by atoms with van der Waals surface area (Å²) in [4.78, 5) is 16.3. The van der Waals surface area contributed by atoms with Crippen molar-refractivity contribution in [3.05, 3.63) is 25.3 Å². The van der Waals surface area contributed by atoms with Crippen molar-refractivity contribution in [2.45, 2.75) is 25.3 Å². The summed E-state index contributed by atoms with van der Waals surface area (Å²) in [7, 11) is 0.